The van der Waals surface area contributed by atoms with Gasteiger partial charge in [0.1, 0.15) is 11.7 Å². The first-order valence-electron chi connectivity index (χ1n) is 13.1. The summed E-state index contributed by atoms with van der Waals surface area (Å²) in [5, 5.41) is 33.8. The number of hydrogen-bond donors (Lipinski definition) is 3. The molecule has 188 valence electrons. The highest BCUT2D eigenvalue weighted by Gasteiger charge is 2.65. The van der Waals surface area contributed by atoms with E-state index >= 15 is 0 Å². The molecular weight excluding hydrogens is 432 g/mol. The van der Waals surface area contributed by atoms with Gasteiger partial charge < -0.3 is 20.1 Å². The minimum atomic E-state index is -1.16. The summed E-state index contributed by atoms with van der Waals surface area (Å²) in [4.78, 5) is 25.6. The summed E-state index contributed by atoms with van der Waals surface area (Å²) >= 11 is 0. The van der Waals surface area contributed by atoms with Crippen LogP contribution in [0.15, 0.2) is 23.8 Å². The van der Waals surface area contributed by atoms with Crippen LogP contribution < -0.4 is 0 Å². The van der Waals surface area contributed by atoms with Crippen LogP contribution in [0.25, 0.3) is 0 Å². The summed E-state index contributed by atoms with van der Waals surface area (Å²) in [5.41, 5.74) is -1.57. The molecule has 12 atom stereocenters. The topological polar surface area (TPSA) is 104 Å². The Morgan fingerprint density at radius 3 is 2.47 bits per heavy atom. The van der Waals surface area contributed by atoms with Crippen molar-refractivity contribution in [3.05, 3.63) is 23.8 Å². The molecule has 1 saturated heterocycles. The lowest BCUT2D eigenvalue weighted by molar-refractivity contribution is -0.202. The van der Waals surface area contributed by atoms with Gasteiger partial charge in [-0.1, -0.05) is 26.8 Å². The van der Waals surface area contributed by atoms with Crippen molar-refractivity contribution in [2.24, 2.45) is 46.3 Å². The zero-order chi connectivity index (χ0) is 24.8. The second kappa shape index (κ2) is 7.75. The van der Waals surface area contributed by atoms with Gasteiger partial charge in [-0.2, -0.15) is 0 Å². The average Bonchev–Trinajstić information content (AvgIpc) is 3.14. The van der Waals surface area contributed by atoms with Crippen LogP contribution in [0.3, 0.4) is 0 Å². The van der Waals surface area contributed by atoms with Gasteiger partial charge in [0.25, 0.3) is 0 Å². The van der Waals surface area contributed by atoms with Gasteiger partial charge in [0.15, 0.2) is 5.78 Å². The molecular formula is C28H40O6. The maximum atomic E-state index is 13.1. The minimum absolute atomic E-state index is 0.00771. The fourth-order valence-corrected chi connectivity index (χ4v) is 8.83. The Morgan fingerprint density at radius 1 is 1.09 bits per heavy atom. The van der Waals surface area contributed by atoms with Crippen molar-refractivity contribution < 1.29 is 29.6 Å². The molecule has 2 saturated carbocycles. The lowest BCUT2D eigenvalue weighted by Crippen LogP contribution is -2.60. The number of fused-ring (bicyclic) bond motifs is 5. The Morgan fingerprint density at radius 2 is 1.79 bits per heavy atom. The zero-order valence-electron chi connectivity index (χ0n) is 21.0. The molecule has 0 amide bonds. The molecule has 6 nitrogen and oxygen atoms in total. The van der Waals surface area contributed by atoms with Crippen LogP contribution in [0.2, 0.25) is 0 Å². The van der Waals surface area contributed by atoms with E-state index in [-0.39, 0.29) is 52.7 Å². The second-order valence-electron chi connectivity index (χ2n) is 12.6. The third-order valence-corrected chi connectivity index (χ3v) is 11.1. The number of allylic oxidation sites excluding steroid dienone is 1. The Labute approximate surface area is 202 Å². The Bertz CT molecular complexity index is 951. The van der Waals surface area contributed by atoms with Gasteiger partial charge in [0.2, 0.25) is 0 Å². The van der Waals surface area contributed by atoms with E-state index < -0.39 is 29.3 Å². The number of ether oxygens (including phenoxy) is 1. The number of ketones is 1. The molecule has 0 aromatic rings. The number of hydrogen-bond acceptors (Lipinski definition) is 6. The third kappa shape index (κ3) is 3.10. The molecule has 3 N–H and O–H groups in total. The summed E-state index contributed by atoms with van der Waals surface area (Å²) in [7, 11) is 0. The van der Waals surface area contributed by atoms with Crippen LogP contribution in [0.5, 0.6) is 0 Å². The van der Waals surface area contributed by atoms with Gasteiger partial charge in [-0.25, -0.2) is 0 Å². The van der Waals surface area contributed by atoms with E-state index in [4.69, 9.17) is 4.74 Å². The normalized spacial score (nSPS) is 52.1. The van der Waals surface area contributed by atoms with Crippen molar-refractivity contribution in [3.63, 3.8) is 0 Å². The number of esters is 1. The van der Waals surface area contributed by atoms with Crippen LogP contribution in [0.4, 0.5) is 0 Å². The molecule has 5 rings (SSSR count). The standard InChI is InChI=1S/C28H40O6/c1-14-12-23(34-25(32)15(14)2)28(5,33)21-8-6-16-24-17(10-11-26(16,21)3)27(4)18(13-20(24)30)19(29)7-9-22(27)31/h7,9,13-17,19-21,23-24,29-30,33H,6,8,10-12H2,1-5H3/t14-,15+,16?,17?,19-,20-,21-,23?,24?,26-,27+,28+/m0/s1. The maximum absolute atomic E-state index is 13.1. The number of aliphatic hydroxyl groups is 3. The molecule has 0 spiro atoms. The number of carbonyl (C=O) groups excluding carboxylic acids is 2. The fraction of sp³-hybridized carbons (Fsp3) is 0.786. The first kappa shape index (κ1) is 24.2. The fourth-order valence-electron chi connectivity index (χ4n) is 8.83. The quantitative estimate of drug-likeness (QED) is 0.421. The molecule has 0 aromatic carbocycles. The molecule has 34 heavy (non-hydrogen) atoms. The highest BCUT2D eigenvalue weighted by Crippen LogP contribution is 2.67. The molecule has 4 unspecified atom stereocenters. The average molecular weight is 473 g/mol. The number of cyclic esters (lactones) is 1. The number of aliphatic hydroxyl groups excluding tert-OH is 2. The molecule has 4 aliphatic carbocycles. The van der Waals surface area contributed by atoms with Crippen LogP contribution in [0.1, 0.15) is 66.7 Å². The van der Waals surface area contributed by atoms with E-state index in [2.05, 4.69) is 6.92 Å². The molecule has 5 aliphatic rings. The summed E-state index contributed by atoms with van der Waals surface area (Å²) in [5.74, 6) is -0.323. The Hall–Kier alpha value is -1.50. The van der Waals surface area contributed by atoms with E-state index in [9.17, 15) is 24.9 Å². The zero-order valence-corrected chi connectivity index (χ0v) is 21.0. The monoisotopic (exact) mass is 472 g/mol. The molecule has 1 heterocycles. The van der Waals surface area contributed by atoms with Crippen LogP contribution in [0, 0.1) is 46.3 Å². The van der Waals surface area contributed by atoms with Gasteiger partial charge in [0, 0.05) is 0 Å². The Kier molecular flexibility index (Phi) is 5.52. The van der Waals surface area contributed by atoms with E-state index in [1.807, 2.05) is 27.7 Å². The second-order valence-corrected chi connectivity index (χ2v) is 12.6. The van der Waals surface area contributed by atoms with Crippen molar-refractivity contribution >= 4 is 11.8 Å². The first-order valence-corrected chi connectivity index (χ1v) is 13.1. The number of rotatable bonds is 2. The smallest absolute Gasteiger partial charge is 0.309 e. The predicted octanol–water partition coefficient (Wildman–Crippen LogP) is 3.19. The highest BCUT2D eigenvalue weighted by atomic mass is 16.6. The van der Waals surface area contributed by atoms with Crippen molar-refractivity contribution in [1.82, 2.24) is 0 Å². The van der Waals surface area contributed by atoms with Gasteiger partial charge in [-0.3, -0.25) is 9.59 Å². The maximum Gasteiger partial charge on any atom is 0.309 e. The van der Waals surface area contributed by atoms with Crippen molar-refractivity contribution in [3.8, 4) is 0 Å². The van der Waals surface area contributed by atoms with E-state index in [0.717, 1.165) is 25.7 Å². The van der Waals surface area contributed by atoms with Crippen molar-refractivity contribution in [2.75, 3.05) is 0 Å². The van der Waals surface area contributed by atoms with Crippen LogP contribution >= 0.6 is 0 Å². The molecule has 0 aromatic heterocycles. The summed E-state index contributed by atoms with van der Waals surface area (Å²) in [6, 6.07) is 0. The summed E-state index contributed by atoms with van der Waals surface area (Å²) in [6.45, 7) is 9.93. The summed E-state index contributed by atoms with van der Waals surface area (Å²) < 4.78 is 5.78. The highest BCUT2D eigenvalue weighted by molar-refractivity contribution is 5.99. The molecule has 0 radical (unpaired) electrons. The van der Waals surface area contributed by atoms with E-state index in [1.54, 1.807) is 6.08 Å². The summed E-state index contributed by atoms with van der Waals surface area (Å²) in [6.07, 6.45) is 6.53. The van der Waals surface area contributed by atoms with Gasteiger partial charge in [-0.15, -0.1) is 0 Å². The van der Waals surface area contributed by atoms with Crippen LogP contribution in [-0.2, 0) is 14.3 Å². The third-order valence-electron chi connectivity index (χ3n) is 11.1. The molecule has 0 bridgehead atoms. The lowest BCUT2D eigenvalue weighted by atomic mass is 9.46. The Balaban J connectivity index is 1.47. The van der Waals surface area contributed by atoms with Crippen molar-refractivity contribution in [1.29, 1.82) is 0 Å². The van der Waals surface area contributed by atoms with Gasteiger partial charge >= 0.3 is 5.97 Å². The molecule has 6 heteroatoms. The minimum Gasteiger partial charge on any atom is -0.459 e. The molecule has 1 aliphatic heterocycles. The lowest BCUT2D eigenvalue weighted by Gasteiger charge is -2.59. The van der Waals surface area contributed by atoms with E-state index in [1.165, 1.54) is 12.2 Å². The SMILES string of the molecule is C[C@H]1CC([C@](C)(O)[C@H]2CCC3C4C(CC[C@@]32C)[C@@]2(C)C(=O)C=C[C@H](O)C2=C[C@@H]4O)OC(=O)[C@@H]1C. The van der Waals surface area contributed by atoms with Gasteiger partial charge in [-0.05, 0) is 98.7 Å². The first-order chi connectivity index (χ1) is 15.8. The van der Waals surface area contributed by atoms with Crippen molar-refractivity contribution in [2.45, 2.75) is 90.6 Å². The molecule has 3 fully saturated rings. The predicted molar refractivity (Wildman–Crippen MR) is 126 cm³/mol. The van der Waals surface area contributed by atoms with E-state index in [0.29, 0.717) is 12.0 Å². The number of carbonyl (C=O) groups is 2. The van der Waals surface area contributed by atoms with Crippen LogP contribution in [-0.4, -0.2) is 51.0 Å². The largest absolute Gasteiger partial charge is 0.459 e. The van der Waals surface area contributed by atoms with Gasteiger partial charge in [0.05, 0.1) is 23.5 Å².